The Labute approximate surface area is 206 Å². The summed E-state index contributed by atoms with van der Waals surface area (Å²) in [5.74, 6) is -4.29. The molecule has 0 aliphatic rings. The lowest BCUT2D eigenvalue weighted by atomic mass is 10.1. The average molecular weight is 518 g/mol. The minimum absolute atomic E-state index is 0.347. The second kappa shape index (κ2) is 17.8. The zero-order valence-electron chi connectivity index (χ0n) is 19.8. The van der Waals surface area contributed by atoms with E-state index in [0.717, 1.165) is 16.5 Å². The zero-order valence-corrected chi connectivity index (χ0v) is 19.8. The molecule has 0 saturated heterocycles. The molecule has 0 bridgehead atoms. The molecule has 0 radical (unpaired) electrons. The van der Waals surface area contributed by atoms with Gasteiger partial charge in [-0.1, -0.05) is 18.2 Å². The first kappa shape index (κ1) is 34.6. The van der Waals surface area contributed by atoms with Gasteiger partial charge in [-0.15, -0.1) is 0 Å². The molecular weight excluding hydrogens is 482 g/mol. The summed E-state index contributed by atoms with van der Waals surface area (Å²) < 4.78 is 0. The molecule has 36 heavy (non-hydrogen) atoms. The van der Waals surface area contributed by atoms with E-state index in [1.807, 2.05) is 30.5 Å². The van der Waals surface area contributed by atoms with Crippen LogP contribution >= 0.6 is 0 Å². The zero-order chi connectivity index (χ0) is 28.6. The van der Waals surface area contributed by atoms with Crippen LogP contribution < -0.4 is 22.9 Å². The van der Waals surface area contributed by atoms with Crippen LogP contribution in [0, 0.1) is 0 Å². The number of nitrogens with two attached hydrogens (primary N) is 4. The molecule has 0 aliphatic carbocycles. The topological polar surface area (TPSA) is 310 Å². The van der Waals surface area contributed by atoms with Gasteiger partial charge < -0.3 is 58.6 Å². The third kappa shape index (κ3) is 14.6. The molecule has 1 heterocycles. The Hall–Kier alpha value is -3.60. The number of aliphatic hydroxyl groups excluding tert-OH is 2. The van der Waals surface area contributed by atoms with Crippen LogP contribution in [0.1, 0.15) is 19.4 Å². The Morgan fingerprint density at radius 1 is 0.833 bits per heavy atom. The fourth-order valence-corrected chi connectivity index (χ4v) is 1.91. The van der Waals surface area contributed by atoms with Gasteiger partial charge in [0.15, 0.2) is 0 Å². The number of aromatic amines is 1. The molecule has 15 nitrogen and oxygen atoms in total. The Morgan fingerprint density at radius 2 is 1.31 bits per heavy atom. The molecule has 15 N–H and O–H groups in total. The van der Waals surface area contributed by atoms with Crippen LogP contribution in [0.5, 0.6) is 0 Å². The third-order valence-electron chi connectivity index (χ3n) is 4.14. The van der Waals surface area contributed by atoms with Crippen LogP contribution in [0.15, 0.2) is 30.5 Å². The molecular formula is C21H35N5O10. The second-order valence-electron chi connectivity index (χ2n) is 7.37. The highest BCUT2D eigenvalue weighted by molar-refractivity contribution is 5.84. The number of carbonyl (C=O) groups is 4. The van der Waals surface area contributed by atoms with Crippen molar-refractivity contribution in [1.82, 2.24) is 4.98 Å². The maximum Gasteiger partial charge on any atom is 0.323 e. The van der Waals surface area contributed by atoms with Gasteiger partial charge in [0.2, 0.25) is 0 Å². The molecule has 0 amide bonds. The number of aliphatic carboxylic acids is 4. The van der Waals surface area contributed by atoms with Crippen LogP contribution in [-0.4, -0.2) is 96.4 Å². The van der Waals surface area contributed by atoms with Gasteiger partial charge in [0.05, 0.1) is 12.7 Å². The van der Waals surface area contributed by atoms with E-state index in [1.165, 1.54) is 13.8 Å². The summed E-state index contributed by atoms with van der Waals surface area (Å²) in [4.78, 5) is 42.8. The van der Waals surface area contributed by atoms with E-state index in [2.05, 4.69) is 4.98 Å². The minimum Gasteiger partial charge on any atom is -0.480 e. The van der Waals surface area contributed by atoms with Crippen LogP contribution in [0.3, 0.4) is 0 Å². The SMILES string of the molecule is C[C@@H](O)[C@H](N)C(=O)O.C[C@H](N)C(=O)O.N[C@@H](CO)C(=O)O.N[C@@H](Cc1c[nH]c2ccccc12)C(=O)O. The summed E-state index contributed by atoms with van der Waals surface area (Å²) >= 11 is 0. The van der Waals surface area contributed by atoms with Gasteiger partial charge in [-0.3, -0.25) is 19.2 Å². The lowest BCUT2D eigenvalue weighted by Crippen LogP contribution is -2.39. The van der Waals surface area contributed by atoms with Crippen molar-refractivity contribution >= 4 is 34.8 Å². The molecule has 15 heteroatoms. The summed E-state index contributed by atoms with van der Waals surface area (Å²) in [5, 5.41) is 50.1. The van der Waals surface area contributed by atoms with Gasteiger partial charge >= 0.3 is 23.9 Å². The van der Waals surface area contributed by atoms with Crippen molar-refractivity contribution in [2.75, 3.05) is 6.61 Å². The molecule has 5 atom stereocenters. The van der Waals surface area contributed by atoms with Crippen LogP contribution in [-0.2, 0) is 25.6 Å². The Balaban J connectivity index is 0. The van der Waals surface area contributed by atoms with Crippen molar-refractivity contribution in [3.8, 4) is 0 Å². The number of aliphatic hydroxyl groups is 2. The monoisotopic (exact) mass is 517 g/mol. The number of H-pyrrole nitrogens is 1. The highest BCUT2D eigenvalue weighted by Gasteiger charge is 2.16. The number of para-hydroxylation sites is 1. The van der Waals surface area contributed by atoms with E-state index in [0.29, 0.717) is 6.42 Å². The van der Waals surface area contributed by atoms with E-state index >= 15 is 0 Å². The fourth-order valence-electron chi connectivity index (χ4n) is 1.91. The van der Waals surface area contributed by atoms with Crippen LogP contribution in [0.25, 0.3) is 10.9 Å². The van der Waals surface area contributed by atoms with Crippen molar-refractivity contribution in [1.29, 1.82) is 0 Å². The maximum atomic E-state index is 10.6. The lowest BCUT2D eigenvalue weighted by molar-refractivity contribution is -0.141. The van der Waals surface area contributed by atoms with Gasteiger partial charge in [0, 0.05) is 23.5 Å². The molecule has 2 rings (SSSR count). The molecule has 0 unspecified atom stereocenters. The Morgan fingerprint density at radius 3 is 1.61 bits per heavy atom. The standard InChI is InChI=1S/C11H12N2O2.C4H9NO3.C3H7NO3.C3H7NO2/c12-9(11(14)15)5-7-6-13-10-4-2-1-3-8(7)10;1-2(6)3(5)4(7)8;4-2(1-5)3(6)7;1-2(4)3(5)6/h1-4,6,9,13H,5,12H2,(H,14,15);2-3,6H,5H2,1H3,(H,7,8);2,5H,1,4H2,(H,6,7);2H,4H2,1H3,(H,5,6)/t9-;2-,3+;2*2-/m0100/s1. The minimum atomic E-state index is -1.18. The van der Waals surface area contributed by atoms with Crippen molar-refractivity contribution in [3.05, 3.63) is 36.0 Å². The summed E-state index contributed by atoms with van der Waals surface area (Å²) in [6.45, 7) is 2.25. The van der Waals surface area contributed by atoms with Gasteiger partial charge in [-0.25, -0.2) is 0 Å². The van der Waals surface area contributed by atoms with Crippen molar-refractivity contribution < 1.29 is 49.8 Å². The summed E-state index contributed by atoms with van der Waals surface area (Å²) in [7, 11) is 0. The largest absolute Gasteiger partial charge is 0.480 e. The fraction of sp³-hybridized carbons (Fsp3) is 0.429. The number of rotatable bonds is 8. The molecule has 1 aromatic carbocycles. The molecule has 204 valence electrons. The number of benzene rings is 1. The Kier molecular flexibility index (Phi) is 17.1. The van der Waals surface area contributed by atoms with Crippen molar-refractivity contribution in [3.63, 3.8) is 0 Å². The molecule has 0 spiro atoms. The summed E-state index contributed by atoms with van der Waals surface area (Å²) in [5.41, 5.74) is 21.9. The quantitative estimate of drug-likeness (QED) is 0.176. The highest BCUT2D eigenvalue weighted by atomic mass is 16.4. The summed E-state index contributed by atoms with van der Waals surface area (Å²) in [6.07, 6.45) is 1.18. The molecule has 2 aromatic rings. The third-order valence-corrected chi connectivity index (χ3v) is 4.14. The molecule has 0 aliphatic heterocycles. The summed E-state index contributed by atoms with van der Waals surface area (Å²) in [6, 6.07) is 3.90. The normalized spacial score (nSPS) is 14.1. The first-order valence-electron chi connectivity index (χ1n) is 10.3. The van der Waals surface area contributed by atoms with Crippen LogP contribution in [0.2, 0.25) is 0 Å². The molecule has 0 saturated carbocycles. The number of nitrogens with one attached hydrogen (secondary N) is 1. The number of carboxylic acid groups (broad SMARTS) is 4. The van der Waals surface area contributed by atoms with Gasteiger partial charge in [0.25, 0.3) is 0 Å². The first-order chi connectivity index (χ1) is 16.6. The molecule has 1 aromatic heterocycles. The van der Waals surface area contributed by atoms with E-state index < -0.39 is 60.8 Å². The Bertz CT molecular complexity index is 963. The number of hydrogen-bond acceptors (Lipinski definition) is 10. The molecule has 0 fully saturated rings. The highest BCUT2D eigenvalue weighted by Crippen LogP contribution is 2.18. The van der Waals surface area contributed by atoms with E-state index in [4.69, 9.17) is 53.6 Å². The van der Waals surface area contributed by atoms with Gasteiger partial charge in [-0.2, -0.15) is 0 Å². The number of aromatic nitrogens is 1. The number of fused-ring (bicyclic) bond motifs is 1. The first-order valence-corrected chi connectivity index (χ1v) is 10.3. The van der Waals surface area contributed by atoms with Crippen molar-refractivity contribution in [2.24, 2.45) is 22.9 Å². The predicted molar refractivity (Wildman–Crippen MR) is 129 cm³/mol. The lowest BCUT2D eigenvalue weighted by Gasteiger charge is -2.06. The van der Waals surface area contributed by atoms with Crippen LogP contribution in [0.4, 0.5) is 0 Å². The van der Waals surface area contributed by atoms with E-state index in [9.17, 15) is 19.2 Å². The maximum absolute atomic E-state index is 10.6. The predicted octanol–water partition coefficient (Wildman–Crippen LogP) is -2.29. The van der Waals surface area contributed by atoms with E-state index in [1.54, 1.807) is 0 Å². The average Bonchev–Trinajstić information content (AvgIpc) is 3.21. The second-order valence-corrected chi connectivity index (χ2v) is 7.37. The van der Waals surface area contributed by atoms with Gasteiger partial charge in [-0.05, 0) is 25.5 Å². The van der Waals surface area contributed by atoms with Gasteiger partial charge in [0.1, 0.15) is 24.2 Å². The van der Waals surface area contributed by atoms with E-state index in [-0.39, 0.29) is 0 Å². The smallest absolute Gasteiger partial charge is 0.323 e. The van der Waals surface area contributed by atoms with Crippen molar-refractivity contribution in [2.45, 2.75) is 50.5 Å². The number of hydrogen-bond donors (Lipinski definition) is 11. The number of carboxylic acids is 4.